The van der Waals surface area contributed by atoms with Gasteiger partial charge in [-0.05, 0) is 0 Å². The lowest BCUT2D eigenvalue weighted by atomic mass is 10.4. The highest BCUT2D eigenvalue weighted by Crippen LogP contribution is 2.20. The number of carbonyl (C=O) groups excluding carboxylic acids is 1. The first-order valence-electron chi connectivity index (χ1n) is 3.15. The van der Waals surface area contributed by atoms with Gasteiger partial charge in [-0.2, -0.15) is 4.31 Å². The number of sulfonamides is 1. The van der Waals surface area contributed by atoms with Crippen LogP contribution in [0.4, 0.5) is 0 Å². The molecule has 64 valence electrons. The van der Waals surface area contributed by atoms with Crippen LogP contribution in [0.1, 0.15) is 0 Å². The Labute approximate surface area is 65.4 Å². The van der Waals surface area contributed by atoms with E-state index in [1.807, 2.05) is 0 Å². The van der Waals surface area contributed by atoms with Gasteiger partial charge < -0.3 is 5.32 Å². The summed E-state index contributed by atoms with van der Waals surface area (Å²) < 4.78 is 22.7. The molecule has 0 spiro atoms. The Morgan fingerprint density at radius 3 is 2.45 bits per heavy atom. The van der Waals surface area contributed by atoms with E-state index in [2.05, 4.69) is 5.32 Å². The number of hydrogen-bond donors (Lipinski definition) is 1. The third-order valence-corrected chi connectivity index (χ3v) is 2.80. The van der Waals surface area contributed by atoms with E-state index in [0.29, 0.717) is 6.54 Å². The fourth-order valence-electron chi connectivity index (χ4n) is 0.870. The average Bonchev–Trinajstić information content (AvgIpc) is 2.62. The Kier molecular flexibility index (Phi) is 1.89. The molecule has 0 aromatic rings. The Balaban J connectivity index is 2.57. The van der Waals surface area contributed by atoms with Crippen LogP contribution >= 0.6 is 0 Å². The Morgan fingerprint density at radius 2 is 2.18 bits per heavy atom. The van der Waals surface area contributed by atoms with Crippen molar-refractivity contribution in [2.75, 3.05) is 19.8 Å². The zero-order chi connectivity index (χ0) is 8.65. The minimum atomic E-state index is -3.16. The molecule has 1 saturated heterocycles. The van der Waals surface area contributed by atoms with E-state index >= 15 is 0 Å². The molecule has 1 fully saturated rings. The van der Waals surface area contributed by atoms with Gasteiger partial charge in [0.1, 0.15) is 6.04 Å². The summed E-state index contributed by atoms with van der Waals surface area (Å²) in [5.41, 5.74) is 0. The van der Waals surface area contributed by atoms with Crippen LogP contribution in [0, 0.1) is 0 Å². The van der Waals surface area contributed by atoms with Gasteiger partial charge in [-0.25, -0.2) is 8.42 Å². The lowest BCUT2D eigenvalue weighted by molar-refractivity contribution is -0.120. The van der Waals surface area contributed by atoms with Gasteiger partial charge in [-0.15, -0.1) is 0 Å². The van der Waals surface area contributed by atoms with E-state index in [9.17, 15) is 13.2 Å². The largest absolute Gasteiger partial charge is 0.358 e. The van der Waals surface area contributed by atoms with Crippen LogP contribution in [-0.2, 0) is 14.8 Å². The van der Waals surface area contributed by atoms with Crippen LogP contribution < -0.4 is 5.32 Å². The molecule has 0 aromatic carbocycles. The highest BCUT2D eigenvalue weighted by molar-refractivity contribution is 7.88. The number of nitrogens with zero attached hydrogens (tertiary/aromatic N) is 1. The van der Waals surface area contributed by atoms with E-state index in [4.69, 9.17) is 0 Å². The van der Waals surface area contributed by atoms with Gasteiger partial charge in [0.15, 0.2) is 0 Å². The van der Waals surface area contributed by atoms with Crippen LogP contribution in [0.15, 0.2) is 0 Å². The van der Waals surface area contributed by atoms with Gasteiger partial charge in [-0.1, -0.05) is 0 Å². The molecule has 0 saturated carbocycles. The van der Waals surface area contributed by atoms with Gasteiger partial charge in [0.25, 0.3) is 0 Å². The van der Waals surface area contributed by atoms with Crippen molar-refractivity contribution in [2.45, 2.75) is 6.04 Å². The maximum absolute atomic E-state index is 10.8. The number of hydrogen-bond acceptors (Lipinski definition) is 3. The Bertz CT molecular complexity index is 271. The fraction of sp³-hybridized carbons (Fsp3) is 0.800. The summed E-state index contributed by atoms with van der Waals surface area (Å²) in [7, 11) is -1.67. The smallest absolute Gasteiger partial charge is 0.239 e. The van der Waals surface area contributed by atoms with Crippen molar-refractivity contribution in [1.29, 1.82) is 0 Å². The second-order valence-corrected chi connectivity index (χ2v) is 4.40. The molecule has 0 bridgehead atoms. The fourth-order valence-corrected chi connectivity index (χ4v) is 1.84. The maximum Gasteiger partial charge on any atom is 0.239 e. The molecule has 0 aliphatic carbocycles. The zero-order valence-corrected chi connectivity index (χ0v) is 7.18. The van der Waals surface area contributed by atoms with Crippen LogP contribution in [-0.4, -0.2) is 44.5 Å². The molecular formula is C5H10N2O3S. The number of amides is 1. The lowest BCUT2D eigenvalue weighted by Crippen LogP contribution is -2.27. The minimum absolute atomic E-state index is 0.240. The van der Waals surface area contributed by atoms with Crippen LogP contribution in [0.2, 0.25) is 0 Å². The summed E-state index contributed by atoms with van der Waals surface area (Å²) in [6.07, 6.45) is 1.09. The maximum atomic E-state index is 10.8. The molecule has 2 unspecified atom stereocenters. The number of nitrogens with one attached hydrogen (secondary N) is 1. The monoisotopic (exact) mass is 178 g/mol. The van der Waals surface area contributed by atoms with Crippen molar-refractivity contribution in [1.82, 2.24) is 9.62 Å². The molecule has 1 rings (SSSR count). The van der Waals surface area contributed by atoms with E-state index in [1.54, 1.807) is 0 Å². The predicted molar refractivity (Wildman–Crippen MR) is 39.4 cm³/mol. The van der Waals surface area contributed by atoms with Gasteiger partial charge in [0, 0.05) is 13.6 Å². The summed E-state index contributed by atoms with van der Waals surface area (Å²) in [6.45, 7) is 0.318. The first-order valence-corrected chi connectivity index (χ1v) is 5.00. The molecule has 1 aliphatic heterocycles. The van der Waals surface area contributed by atoms with Crippen molar-refractivity contribution in [2.24, 2.45) is 0 Å². The van der Waals surface area contributed by atoms with Crippen LogP contribution in [0.25, 0.3) is 0 Å². The standard InChI is InChI=1S/C5H10N2O3S/c1-6-5(8)4-3-7(4)11(2,9)10/h4H,3H2,1-2H3,(H,6,8). The van der Waals surface area contributed by atoms with Crippen molar-refractivity contribution < 1.29 is 13.2 Å². The molecule has 5 nitrogen and oxygen atoms in total. The SMILES string of the molecule is CNC(=O)C1CN1S(C)(=O)=O. The third kappa shape index (κ3) is 1.69. The normalized spacial score (nSPS) is 29.6. The minimum Gasteiger partial charge on any atom is -0.358 e. The molecule has 1 heterocycles. The molecule has 2 atom stereocenters. The average molecular weight is 178 g/mol. The highest BCUT2D eigenvalue weighted by atomic mass is 32.2. The van der Waals surface area contributed by atoms with Crippen LogP contribution in [0.5, 0.6) is 0 Å². The third-order valence-electron chi connectivity index (χ3n) is 1.54. The van der Waals surface area contributed by atoms with Crippen molar-refractivity contribution in [3.05, 3.63) is 0 Å². The van der Waals surface area contributed by atoms with Crippen molar-refractivity contribution >= 4 is 15.9 Å². The molecule has 11 heavy (non-hydrogen) atoms. The first-order chi connectivity index (χ1) is 4.96. The van der Waals surface area contributed by atoms with Crippen molar-refractivity contribution in [3.63, 3.8) is 0 Å². The molecule has 0 radical (unpaired) electrons. The second-order valence-electron chi connectivity index (χ2n) is 2.46. The summed E-state index contributed by atoms with van der Waals surface area (Å²) >= 11 is 0. The molecule has 6 heteroatoms. The zero-order valence-electron chi connectivity index (χ0n) is 6.36. The van der Waals surface area contributed by atoms with E-state index < -0.39 is 16.1 Å². The molecule has 0 aromatic heterocycles. The van der Waals surface area contributed by atoms with Crippen molar-refractivity contribution in [3.8, 4) is 0 Å². The summed E-state index contributed by atoms with van der Waals surface area (Å²) in [4.78, 5) is 10.8. The number of carbonyl (C=O) groups is 1. The second kappa shape index (κ2) is 2.46. The van der Waals surface area contributed by atoms with E-state index in [0.717, 1.165) is 10.6 Å². The Hall–Kier alpha value is -0.620. The summed E-state index contributed by atoms with van der Waals surface area (Å²) in [5, 5.41) is 2.38. The molecule has 1 aliphatic rings. The molecule has 1 N–H and O–H groups in total. The number of rotatable bonds is 2. The van der Waals surface area contributed by atoms with Gasteiger partial charge in [0.05, 0.1) is 6.26 Å². The molecular weight excluding hydrogens is 168 g/mol. The van der Waals surface area contributed by atoms with Gasteiger partial charge in [0.2, 0.25) is 15.9 Å². The quantitative estimate of drug-likeness (QED) is 0.517. The van der Waals surface area contributed by atoms with Gasteiger partial charge in [-0.3, -0.25) is 4.79 Å². The van der Waals surface area contributed by atoms with E-state index in [-0.39, 0.29) is 5.91 Å². The summed E-state index contributed by atoms with van der Waals surface area (Å²) in [5.74, 6) is -0.240. The lowest BCUT2D eigenvalue weighted by Gasteiger charge is -1.98. The highest BCUT2D eigenvalue weighted by Gasteiger charge is 2.46. The summed E-state index contributed by atoms with van der Waals surface area (Å²) in [6, 6.07) is -0.463. The first kappa shape index (κ1) is 8.48. The molecule has 1 amide bonds. The number of likely N-dealkylation sites (N-methyl/N-ethyl adjacent to an activating group) is 1. The Morgan fingerprint density at radius 1 is 1.64 bits per heavy atom. The van der Waals surface area contributed by atoms with Crippen LogP contribution in [0.3, 0.4) is 0 Å². The van der Waals surface area contributed by atoms with E-state index in [1.165, 1.54) is 7.05 Å². The predicted octanol–water partition coefficient (Wildman–Crippen LogP) is -1.62. The van der Waals surface area contributed by atoms with Gasteiger partial charge >= 0.3 is 0 Å². The topological polar surface area (TPSA) is 66.2 Å².